The number of rotatable bonds is 2. The molecule has 3 rings (SSSR count). The second kappa shape index (κ2) is 3.99. The van der Waals surface area contributed by atoms with E-state index < -0.39 is 6.10 Å². The van der Waals surface area contributed by atoms with E-state index in [0.717, 1.165) is 16.5 Å². The number of nitrogens with one attached hydrogen (secondary N) is 1. The van der Waals surface area contributed by atoms with E-state index in [9.17, 15) is 5.11 Å². The molecule has 0 saturated heterocycles. The quantitative estimate of drug-likeness (QED) is 0.701. The Balaban J connectivity index is 2.13. The van der Waals surface area contributed by atoms with Gasteiger partial charge in [-0.05, 0) is 23.8 Å². The molecular weight excluding hydrogens is 214 g/mol. The first kappa shape index (κ1) is 9.99. The molecule has 1 atom stereocenters. The Bertz CT molecular complexity index is 633. The average Bonchev–Trinajstić information content (AvgIpc) is 2.87. The Labute approximate surface area is 98.0 Å². The van der Waals surface area contributed by atoms with Crippen LogP contribution in [0.4, 0.5) is 0 Å². The number of hydrogen-bond donors (Lipinski definition) is 2. The third kappa shape index (κ3) is 1.68. The highest BCUT2D eigenvalue weighted by atomic mass is 16.3. The van der Waals surface area contributed by atoms with Crippen molar-refractivity contribution in [2.75, 3.05) is 0 Å². The lowest BCUT2D eigenvalue weighted by molar-refractivity contribution is 0.216. The summed E-state index contributed by atoms with van der Waals surface area (Å²) < 4.78 is 0. The second-order valence-corrected chi connectivity index (χ2v) is 3.82. The number of aliphatic hydroxyl groups is 1. The summed E-state index contributed by atoms with van der Waals surface area (Å²) >= 11 is 0. The number of nitrogens with zero attached hydrogens (tertiary/aromatic N) is 2. The van der Waals surface area contributed by atoms with Gasteiger partial charge < -0.3 is 10.1 Å². The molecule has 4 nitrogen and oxygen atoms in total. The van der Waals surface area contributed by atoms with E-state index in [1.807, 2.05) is 30.5 Å². The Morgan fingerprint density at radius 3 is 2.94 bits per heavy atom. The highest BCUT2D eigenvalue weighted by Crippen LogP contribution is 2.26. The van der Waals surface area contributed by atoms with Gasteiger partial charge in [0.25, 0.3) is 0 Å². The molecule has 0 aliphatic heterocycles. The predicted molar refractivity (Wildman–Crippen MR) is 64.4 cm³/mol. The minimum absolute atomic E-state index is 0.605. The van der Waals surface area contributed by atoms with Gasteiger partial charge in [0, 0.05) is 23.3 Å². The van der Waals surface area contributed by atoms with Crippen LogP contribution >= 0.6 is 0 Å². The van der Waals surface area contributed by atoms with Crippen LogP contribution in [0.1, 0.15) is 17.4 Å². The summed E-state index contributed by atoms with van der Waals surface area (Å²) in [5, 5.41) is 11.3. The van der Waals surface area contributed by atoms with Crippen molar-refractivity contribution in [2.24, 2.45) is 0 Å². The van der Waals surface area contributed by atoms with Crippen molar-refractivity contribution < 1.29 is 5.11 Å². The van der Waals surface area contributed by atoms with Crippen molar-refractivity contribution in [1.29, 1.82) is 0 Å². The van der Waals surface area contributed by atoms with Gasteiger partial charge in [-0.25, -0.2) is 9.97 Å². The first-order chi connectivity index (χ1) is 8.36. The zero-order valence-corrected chi connectivity index (χ0v) is 9.04. The number of benzene rings is 1. The van der Waals surface area contributed by atoms with Gasteiger partial charge in [-0.3, -0.25) is 0 Å². The van der Waals surface area contributed by atoms with E-state index in [-0.39, 0.29) is 0 Å². The van der Waals surface area contributed by atoms with Gasteiger partial charge in [-0.2, -0.15) is 0 Å². The van der Waals surface area contributed by atoms with Crippen LogP contribution in [0.3, 0.4) is 0 Å². The molecule has 17 heavy (non-hydrogen) atoms. The van der Waals surface area contributed by atoms with E-state index in [1.165, 1.54) is 6.33 Å². The van der Waals surface area contributed by atoms with E-state index in [2.05, 4.69) is 15.0 Å². The minimum Gasteiger partial charge on any atom is -0.382 e. The largest absolute Gasteiger partial charge is 0.382 e. The predicted octanol–water partition coefficient (Wildman–Crippen LogP) is 2.04. The summed E-state index contributed by atoms with van der Waals surface area (Å²) in [5.74, 6) is 0. The van der Waals surface area contributed by atoms with E-state index in [1.54, 1.807) is 12.3 Å². The number of hydrogen-bond acceptors (Lipinski definition) is 3. The molecule has 0 aliphatic carbocycles. The van der Waals surface area contributed by atoms with Crippen molar-refractivity contribution >= 4 is 10.9 Å². The van der Waals surface area contributed by atoms with Crippen LogP contribution in [0.2, 0.25) is 0 Å². The molecule has 3 aromatic rings. The fourth-order valence-corrected chi connectivity index (χ4v) is 1.97. The number of aliphatic hydroxyl groups excluding tert-OH is 1. The van der Waals surface area contributed by atoms with Crippen molar-refractivity contribution in [3.05, 3.63) is 60.3 Å². The molecule has 1 unspecified atom stereocenters. The SMILES string of the molecule is OC(c1ccncn1)c1cccc2[nH]ccc12. The van der Waals surface area contributed by atoms with Crippen LogP contribution in [-0.4, -0.2) is 20.1 Å². The summed E-state index contributed by atoms with van der Waals surface area (Å²) in [6.07, 6.45) is 4.21. The molecule has 4 heteroatoms. The van der Waals surface area contributed by atoms with Gasteiger partial charge in [0.15, 0.2) is 0 Å². The summed E-state index contributed by atoms with van der Waals surface area (Å²) in [4.78, 5) is 11.0. The third-order valence-corrected chi connectivity index (χ3v) is 2.81. The Hall–Kier alpha value is -2.20. The van der Waals surface area contributed by atoms with Gasteiger partial charge in [0.2, 0.25) is 0 Å². The maximum absolute atomic E-state index is 10.3. The molecular formula is C13H11N3O. The molecule has 0 bridgehead atoms. The lowest BCUT2D eigenvalue weighted by Gasteiger charge is -2.11. The molecule has 84 valence electrons. The zero-order chi connectivity index (χ0) is 11.7. The number of H-pyrrole nitrogens is 1. The summed E-state index contributed by atoms with van der Waals surface area (Å²) in [6.45, 7) is 0. The van der Waals surface area contributed by atoms with Gasteiger partial charge >= 0.3 is 0 Å². The number of aromatic amines is 1. The smallest absolute Gasteiger partial charge is 0.122 e. The molecule has 0 saturated carbocycles. The molecule has 2 aromatic heterocycles. The summed E-state index contributed by atoms with van der Waals surface area (Å²) in [7, 11) is 0. The molecule has 0 amide bonds. The normalized spacial score (nSPS) is 12.8. The zero-order valence-electron chi connectivity index (χ0n) is 9.04. The Morgan fingerprint density at radius 2 is 2.12 bits per heavy atom. The Morgan fingerprint density at radius 1 is 1.18 bits per heavy atom. The standard InChI is InChI=1S/C13H11N3O/c17-13(12-5-6-14-8-16-12)10-2-1-3-11-9(10)4-7-15-11/h1-8,13,15,17H. The maximum atomic E-state index is 10.3. The highest BCUT2D eigenvalue weighted by Gasteiger charge is 2.14. The number of aromatic nitrogens is 3. The fraction of sp³-hybridized carbons (Fsp3) is 0.0769. The molecule has 0 radical (unpaired) electrons. The number of fused-ring (bicyclic) bond motifs is 1. The first-order valence-electron chi connectivity index (χ1n) is 5.36. The van der Waals surface area contributed by atoms with Gasteiger partial charge in [0.05, 0.1) is 5.69 Å². The van der Waals surface area contributed by atoms with Crippen molar-refractivity contribution in [3.8, 4) is 0 Å². The monoisotopic (exact) mass is 225 g/mol. The Kier molecular flexibility index (Phi) is 2.34. The lowest BCUT2D eigenvalue weighted by Crippen LogP contribution is -2.02. The van der Waals surface area contributed by atoms with Crippen LogP contribution in [0, 0.1) is 0 Å². The van der Waals surface area contributed by atoms with Gasteiger partial charge in [0.1, 0.15) is 12.4 Å². The van der Waals surface area contributed by atoms with E-state index >= 15 is 0 Å². The van der Waals surface area contributed by atoms with Crippen LogP contribution < -0.4 is 0 Å². The third-order valence-electron chi connectivity index (χ3n) is 2.81. The van der Waals surface area contributed by atoms with Crippen molar-refractivity contribution in [2.45, 2.75) is 6.10 Å². The first-order valence-corrected chi connectivity index (χ1v) is 5.36. The highest BCUT2D eigenvalue weighted by molar-refractivity contribution is 5.83. The van der Waals surface area contributed by atoms with Gasteiger partial charge in [-0.15, -0.1) is 0 Å². The molecule has 0 spiro atoms. The fourth-order valence-electron chi connectivity index (χ4n) is 1.97. The van der Waals surface area contributed by atoms with E-state index in [0.29, 0.717) is 5.69 Å². The van der Waals surface area contributed by atoms with Gasteiger partial charge in [-0.1, -0.05) is 12.1 Å². The average molecular weight is 225 g/mol. The molecule has 1 aromatic carbocycles. The van der Waals surface area contributed by atoms with Crippen LogP contribution in [0.25, 0.3) is 10.9 Å². The molecule has 0 fully saturated rings. The van der Waals surface area contributed by atoms with Crippen molar-refractivity contribution in [3.63, 3.8) is 0 Å². The topological polar surface area (TPSA) is 61.8 Å². The van der Waals surface area contributed by atoms with Crippen LogP contribution in [0.5, 0.6) is 0 Å². The molecule has 2 heterocycles. The van der Waals surface area contributed by atoms with Crippen molar-refractivity contribution in [1.82, 2.24) is 15.0 Å². The molecule has 2 N–H and O–H groups in total. The van der Waals surface area contributed by atoms with E-state index in [4.69, 9.17) is 0 Å². The second-order valence-electron chi connectivity index (χ2n) is 3.82. The lowest BCUT2D eigenvalue weighted by atomic mass is 10.0. The summed E-state index contributed by atoms with van der Waals surface area (Å²) in [6, 6.07) is 9.47. The van der Waals surface area contributed by atoms with Crippen LogP contribution in [0.15, 0.2) is 49.1 Å². The summed E-state index contributed by atoms with van der Waals surface area (Å²) in [5.41, 5.74) is 2.46. The van der Waals surface area contributed by atoms with Crippen LogP contribution in [-0.2, 0) is 0 Å². The minimum atomic E-state index is -0.725. The molecule has 0 aliphatic rings. The maximum Gasteiger partial charge on any atom is 0.122 e.